The van der Waals surface area contributed by atoms with Crippen LogP contribution in [0.15, 0.2) is 24.3 Å². The second-order valence-electron chi connectivity index (χ2n) is 17.9. The second kappa shape index (κ2) is 47.4. The predicted octanol–water partition coefficient (Wildman–Crippen LogP) is 15.5. The van der Waals surface area contributed by atoms with Crippen LogP contribution in [-0.2, 0) is 14.3 Å². The minimum Gasteiger partial charge on any atom is -0.462 e. The first-order valence-corrected chi connectivity index (χ1v) is 26.1. The summed E-state index contributed by atoms with van der Waals surface area (Å²) in [5.41, 5.74) is 0. The van der Waals surface area contributed by atoms with Crippen molar-refractivity contribution in [3.8, 4) is 0 Å². The summed E-state index contributed by atoms with van der Waals surface area (Å²) in [6.45, 7) is 6.45. The van der Waals surface area contributed by atoms with E-state index in [1.807, 2.05) is 0 Å². The number of allylic oxidation sites excluding steroid dienone is 4. The summed E-state index contributed by atoms with van der Waals surface area (Å²) in [5, 5.41) is 23.7. The fourth-order valence-electron chi connectivity index (χ4n) is 7.99. The number of aliphatic hydroxyl groups excluding tert-OH is 2. The zero-order valence-electron chi connectivity index (χ0n) is 39.7. The maximum atomic E-state index is 13.2. The number of amides is 1. The van der Waals surface area contributed by atoms with E-state index >= 15 is 0 Å². The molecule has 0 spiro atoms. The zero-order chi connectivity index (χ0) is 43.1. The average Bonchev–Trinajstić information content (AvgIpc) is 3.23. The first-order valence-electron chi connectivity index (χ1n) is 26.1. The highest BCUT2D eigenvalue weighted by atomic mass is 16.5. The molecule has 3 unspecified atom stereocenters. The van der Waals surface area contributed by atoms with Gasteiger partial charge in [-0.05, 0) is 70.6 Å². The molecule has 0 aliphatic heterocycles. The van der Waals surface area contributed by atoms with Crippen molar-refractivity contribution in [2.75, 3.05) is 6.61 Å². The average molecular weight is 832 g/mol. The van der Waals surface area contributed by atoms with Gasteiger partial charge in [0, 0.05) is 6.42 Å². The van der Waals surface area contributed by atoms with Gasteiger partial charge in [-0.2, -0.15) is 0 Å². The van der Waals surface area contributed by atoms with Gasteiger partial charge >= 0.3 is 5.97 Å². The van der Waals surface area contributed by atoms with E-state index in [9.17, 15) is 19.8 Å². The lowest BCUT2D eigenvalue weighted by molar-refractivity contribution is -0.151. The maximum absolute atomic E-state index is 13.2. The Balaban J connectivity index is 4.44. The lowest BCUT2D eigenvalue weighted by atomic mass is 10.0. The number of carbonyl (C=O) groups is 2. The first-order chi connectivity index (χ1) is 29.0. The Hall–Kier alpha value is -1.66. The molecule has 0 aromatic carbocycles. The summed E-state index contributed by atoms with van der Waals surface area (Å²) in [6, 6.07) is -0.703. The van der Waals surface area contributed by atoms with Crippen LogP contribution in [0, 0.1) is 0 Å². The van der Waals surface area contributed by atoms with Gasteiger partial charge < -0.3 is 20.3 Å². The van der Waals surface area contributed by atoms with Gasteiger partial charge in [-0.15, -0.1) is 0 Å². The smallest absolute Gasteiger partial charge is 0.306 e. The molecule has 348 valence electrons. The topological polar surface area (TPSA) is 95.9 Å². The van der Waals surface area contributed by atoms with Crippen molar-refractivity contribution in [2.45, 2.75) is 296 Å². The SMILES string of the molecule is CCCC/C=C\CCCCCC(CC(=O)NC(CO)C(O)CCCCCCCCCCCCCCCCC)OC(=O)CCCCCCC/C=C/CCCCCCCCC. The molecule has 1 amide bonds. The molecule has 0 aromatic rings. The summed E-state index contributed by atoms with van der Waals surface area (Å²) in [5.74, 6) is -0.491. The molecule has 0 fully saturated rings. The van der Waals surface area contributed by atoms with E-state index in [1.165, 1.54) is 161 Å². The van der Waals surface area contributed by atoms with Gasteiger partial charge in [-0.1, -0.05) is 218 Å². The van der Waals surface area contributed by atoms with Gasteiger partial charge in [0.25, 0.3) is 0 Å². The van der Waals surface area contributed by atoms with Crippen LogP contribution in [0.2, 0.25) is 0 Å². The van der Waals surface area contributed by atoms with Crippen LogP contribution in [0.1, 0.15) is 278 Å². The van der Waals surface area contributed by atoms with Crippen LogP contribution in [-0.4, -0.2) is 46.9 Å². The van der Waals surface area contributed by atoms with Crippen molar-refractivity contribution >= 4 is 11.9 Å². The van der Waals surface area contributed by atoms with Gasteiger partial charge in [-0.25, -0.2) is 0 Å². The number of carbonyl (C=O) groups excluding carboxylic acids is 2. The fraction of sp³-hybridized carbons (Fsp3) is 0.887. The van der Waals surface area contributed by atoms with E-state index in [0.717, 1.165) is 70.6 Å². The van der Waals surface area contributed by atoms with Crippen LogP contribution in [0.3, 0.4) is 0 Å². The van der Waals surface area contributed by atoms with Crippen LogP contribution in [0.5, 0.6) is 0 Å². The third-order valence-corrected chi connectivity index (χ3v) is 12.0. The number of hydrogen-bond donors (Lipinski definition) is 3. The molecular formula is C53H101NO5. The van der Waals surface area contributed by atoms with Crippen LogP contribution >= 0.6 is 0 Å². The van der Waals surface area contributed by atoms with Gasteiger partial charge in [0.05, 0.1) is 25.2 Å². The fourth-order valence-corrected chi connectivity index (χ4v) is 7.99. The number of rotatable bonds is 47. The number of esters is 1. The number of ether oxygens (including phenoxy) is 1. The number of nitrogens with one attached hydrogen (secondary N) is 1. The molecule has 59 heavy (non-hydrogen) atoms. The molecular weight excluding hydrogens is 731 g/mol. The summed E-state index contributed by atoms with van der Waals surface area (Å²) >= 11 is 0. The number of unbranched alkanes of at least 4 members (excludes halogenated alkanes) is 31. The van der Waals surface area contributed by atoms with Crippen molar-refractivity contribution in [2.24, 2.45) is 0 Å². The van der Waals surface area contributed by atoms with Gasteiger partial charge in [0.15, 0.2) is 0 Å². The molecule has 0 rings (SSSR count). The molecule has 0 aliphatic carbocycles. The standard InChI is InChI=1S/C53H101NO5/c1-4-7-10-13-16-19-21-23-25-27-29-31-34-37-40-43-46-53(58)59-49(44-41-38-35-32-18-15-12-9-6-3)47-52(57)54-50(48-55)51(56)45-42-39-36-33-30-28-26-24-22-20-17-14-11-8-5-2/h15,18,25,27,49-51,55-56H,4-14,16-17,19-24,26,28-48H2,1-3H3,(H,54,57)/b18-15-,27-25+. The van der Waals surface area contributed by atoms with Crippen molar-refractivity contribution in [1.29, 1.82) is 0 Å². The normalized spacial score (nSPS) is 13.4. The summed E-state index contributed by atoms with van der Waals surface area (Å²) in [4.78, 5) is 26.1. The van der Waals surface area contributed by atoms with E-state index in [4.69, 9.17) is 4.74 Å². The maximum Gasteiger partial charge on any atom is 0.306 e. The molecule has 0 aliphatic rings. The molecule has 0 heterocycles. The molecule has 0 aromatic heterocycles. The molecule has 3 atom stereocenters. The molecule has 0 bridgehead atoms. The Morgan fingerprint density at radius 3 is 1.27 bits per heavy atom. The Kier molecular flexibility index (Phi) is 46.1. The summed E-state index contributed by atoms with van der Waals surface area (Å²) in [6.07, 6.45) is 53.9. The van der Waals surface area contributed by atoms with E-state index in [-0.39, 0.29) is 24.9 Å². The minimum atomic E-state index is -0.789. The first kappa shape index (κ1) is 57.3. The van der Waals surface area contributed by atoms with E-state index < -0.39 is 18.2 Å². The van der Waals surface area contributed by atoms with Gasteiger partial charge in [0.1, 0.15) is 6.10 Å². The Morgan fingerprint density at radius 1 is 0.475 bits per heavy atom. The lowest BCUT2D eigenvalue weighted by Crippen LogP contribution is -2.46. The molecule has 0 radical (unpaired) electrons. The summed E-state index contributed by atoms with van der Waals surface area (Å²) in [7, 11) is 0. The second-order valence-corrected chi connectivity index (χ2v) is 17.9. The molecule has 6 heteroatoms. The highest BCUT2D eigenvalue weighted by molar-refractivity contribution is 5.77. The quantitative estimate of drug-likeness (QED) is 0.0322. The molecule has 6 nitrogen and oxygen atoms in total. The van der Waals surface area contributed by atoms with E-state index in [2.05, 4.69) is 50.4 Å². The van der Waals surface area contributed by atoms with E-state index in [0.29, 0.717) is 19.3 Å². The Labute approximate surface area is 367 Å². The summed E-state index contributed by atoms with van der Waals surface area (Å²) < 4.78 is 5.91. The van der Waals surface area contributed by atoms with Crippen molar-refractivity contribution in [3.05, 3.63) is 24.3 Å². The van der Waals surface area contributed by atoms with Gasteiger partial charge in [0.2, 0.25) is 5.91 Å². The minimum absolute atomic E-state index is 0.0668. The third kappa shape index (κ3) is 42.8. The predicted molar refractivity (Wildman–Crippen MR) is 255 cm³/mol. The number of aliphatic hydroxyl groups is 2. The lowest BCUT2D eigenvalue weighted by Gasteiger charge is -2.24. The van der Waals surface area contributed by atoms with Crippen molar-refractivity contribution < 1.29 is 24.5 Å². The Bertz CT molecular complexity index is 935. The largest absolute Gasteiger partial charge is 0.462 e. The van der Waals surface area contributed by atoms with Gasteiger partial charge in [-0.3, -0.25) is 9.59 Å². The zero-order valence-corrected chi connectivity index (χ0v) is 39.7. The molecule has 3 N–H and O–H groups in total. The van der Waals surface area contributed by atoms with E-state index in [1.54, 1.807) is 0 Å². The monoisotopic (exact) mass is 832 g/mol. The number of hydrogen-bond acceptors (Lipinski definition) is 5. The highest BCUT2D eigenvalue weighted by Gasteiger charge is 2.24. The van der Waals surface area contributed by atoms with Crippen LogP contribution in [0.4, 0.5) is 0 Å². The van der Waals surface area contributed by atoms with Crippen molar-refractivity contribution in [1.82, 2.24) is 5.32 Å². The molecule has 0 saturated carbocycles. The third-order valence-electron chi connectivity index (χ3n) is 12.0. The Morgan fingerprint density at radius 2 is 0.831 bits per heavy atom. The highest BCUT2D eigenvalue weighted by Crippen LogP contribution is 2.18. The van der Waals surface area contributed by atoms with Crippen molar-refractivity contribution in [3.63, 3.8) is 0 Å². The van der Waals surface area contributed by atoms with Crippen LogP contribution in [0.25, 0.3) is 0 Å². The molecule has 0 saturated heterocycles. The van der Waals surface area contributed by atoms with Crippen LogP contribution < -0.4 is 5.32 Å².